The lowest BCUT2D eigenvalue weighted by atomic mass is 9.86. The second kappa shape index (κ2) is 4.45. The predicted molar refractivity (Wildman–Crippen MR) is 60.0 cm³/mol. The smallest absolute Gasteiger partial charge is 0.0632 e. The topological polar surface area (TPSA) is 43.8 Å². The van der Waals surface area contributed by atoms with Gasteiger partial charge in [-0.1, -0.05) is 0 Å². The van der Waals surface area contributed by atoms with Gasteiger partial charge in [-0.3, -0.25) is 4.68 Å². The molecule has 14 heavy (non-hydrogen) atoms. The van der Waals surface area contributed by atoms with Crippen LogP contribution < -0.4 is 5.73 Å². The van der Waals surface area contributed by atoms with Crippen molar-refractivity contribution in [1.82, 2.24) is 9.78 Å². The zero-order chi connectivity index (χ0) is 9.97. The van der Waals surface area contributed by atoms with Crippen LogP contribution in [-0.4, -0.2) is 16.3 Å². The molecule has 0 bridgehead atoms. The molecule has 0 spiro atoms. The average molecular weight is 258 g/mol. The van der Waals surface area contributed by atoms with Crippen LogP contribution in [-0.2, 0) is 0 Å². The highest BCUT2D eigenvalue weighted by Crippen LogP contribution is 2.31. The van der Waals surface area contributed by atoms with E-state index < -0.39 is 0 Å². The Labute approximate surface area is 92.8 Å². The van der Waals surface area contributed by atoms with Crippen LogP contribution in [0.2, 0.25) is 0 Å². The number of rotatable bonds is 2. The van der Waals surface area contributed by atoms with Gasteiger partial charge in [0.15, 0.2) is 0 Å². The van der Waals surface area contributed by atoms with Crippen LogP contribution in [0.5, 0.6) is 0 Å². The van der Waals surface area contributed by atoms with E-state index in [2.05, 4.69) is 31.9 Å². The van der Waals surface area contributed by atoms with Crippen LogP contribution in [0.15, 0.2) is 16.9 Å². The highest BCUT2D eigenvalue weighted by atomic mass is 79.9. The summed E-state index contributed by atoms with van der Waals surface area (Å²) in [6, 6.07) is 0.587. The molecule has 0 atom stereocenters. The summed E-state index contributed by atoms with van der Waals surface area (Å²) in [5.74, 6) is 0.741. The molecule has 1 aromatic heterocycles. The van der Waals surface area contributed by atoms with E-state index >= 15 is 0 Å². The van der Waals surface area contributed by atoms with E-state index in [0.29, 0.717) is 6.04 Å². The molecule has 0 unspecified atom stereocenters. The summed E-state index contributed by atoms with van der Waals surface area (Å²) in [6.45, 7) is 0.843. The van der Waals surface area contributed by atoms with Gasteiger partial charge in [0.05, 0.1) is 16.7 Å². The summed E-state index contributed by atoms with van der Waals surface area (Å²) in [5.41, 5.74) is 5.66. The normalized spacial score (nSPS) is 27.9. The van der Waals surface area contributed by atoms with Gasteiger partial charge in [-0.2, -0.15) is 5.10 Å². The highest BCUT2D eigenvalue weighted by molar-refractivity contribution is 9.10. The molecule has 0 aromatic carbocycles. The SMILES string of the molecule is NCC1CCC(n2cc(Br)cn2)CC1. The molecule has 1 aromatic rings. The second-order valence-electron chi connectivity index (χ2n) is 4.05. The molecule has 0 saturated heterocycles. The molecule has 2 rings (SSSR count). The molecule has 1 heterocycles. The first-order valence-electron chi connectivity index (χ1n) is 5.19. The largest absolute Gasteiger partial charge is 0.330 e. The van der Waals surface area contributed by atoms with Gasteiger partial charge in [-0.25, -0.2) is 0 Å². The third-order valence-corrected chi connectivity index (χ3v) is 3.50. The fraction of sp³-hybridized carbons (Fsp3) is 0.700. The van der Waals surface area contributed by atoms with Gasteiger partial charge in [0, 0.05) is 6.20 Å². The van der Waals surface area contributed by atoms with E-state index in [-0.39, 0.29) is 0 Å². The zero-order valence-corrected chi connectivity index (χ0v) is 9.78. The maximum absolute atomic E-state index is 5.66. The predicted octanol–water partition coefficient (Wildman–Crippen LogP) is 2.34. The molecule has 0 radical (unpaired) electrons. The first-order chi connectivity index (χ1) is 6.79. The molecular weight excluding hydrogens is 242 g/mol. The number of nitrogens with zero attached hydrogens (tertiary/aromatic N) is 2. The van der Waals surface area contributed by atoms with Crippen LogP contribution in [0.1, 0.15) is 31.7 Å². The fourth-order valence-electron chi connectivity index (χ4n) is 2.16. The Morgan fingerprint density at radius 2 is 2.14 bits per heavy atom. The molecule has 1 aliphatic carbocycles. The monoisotopic (exact) mass is 257 g/mol. The Kier molecular flexibility index (Phi) is 3.23. The van der Waals surface area contributed by atoms with Gasteiger partial charge in [0.25, 0.3) is 0 Å². The third kappa shape index (κ3) is 2.17. The standard InChI is InChI=1S/C10H16BrN3/c11-9-6-13-14(7-9)10-3-1-8(5-12)2-4-10/h6-8,10H,1-5,12H2. The molecular formula is C10H16BrN3. The van der Waals surface area contributed by atoms with Gasteiger partial charge in [-0.15, -0.1) is 0 Å². The number of hydrogen-bond acceptors (Lipinski definition) is 2. The van der Waals surface area contributed by atoms with Crippen LogP contribution in [0, 0.1) is 5.92 Å². The summed E-state index contributed by atoms with van der Waals surface area (Å²) in [7, 11) is 0. The Hall–Kier alpha value is -0.350. The van der Waals surface area contributed by atoms with Crippen molar-refractivity contribution in [3.63, 3.8) is 0 Å². The third-order valence-electron chi connectivity index (χ3n) is 3.09. The van der Waals surface area contributed by atoms with Crippen LogP contribution >= 0.6 is 15.9 Å². The van der Waals surface area contributed by atoms with Crippen molar-refractivity contribution >= 4 is 15.9 Å². The summed E-state index contributed by atoms with van der Waals surface area (Å²) in [4.78, 5) is 0. The Morgan fingerprint density at radius 3 is 2.64 bits per heavy atom. The lowest BCUT2D eigenvalue weighted by Crippen LogP contribution is -2.23. The molecule has 1 saturated carbocycles. The molecule has 1 fully saturated rings. The number of hydrogen-bond donors (Lipinski definition) is 1. The fourth-order valence-corrected chi connectivity index (χ4v) is 2.46. The summed E-state index contributed by atoms with van der Waals surface area (Å²) >= 11 is 3.42. The van der Waals surface area contributed by atoms with E-state index in [0.717, 1.165) is 16.9 Å². The van der Waals surface area contributed by atoms with Crippen molar-refractivity contribution in [3.05, 3.63) is 16.9 Å². The molecule has 4 heteroatoms. The maximum Gasteiger partial charge on any atom is 0.0632 e. The van der Waals surface area contributed by atoms with Gasteiger partial charge in [0.1, 0.15) is 0 Å². The maximum atomic E-state index is 5.66. The average Bonchev–Trinajstić information content (AvgIpc) is 2.65. The number of nitrogens with two attached hydrogens (primary N) is 1. The molecule has 0 aliphatic heterocycles. The Morgan fingerprint density at radius 1 is 1.43 bits per heavy atom. The lowest BCUT2D eigenvalue weighted by Gasteiger charge is -2.27. The molecule has 1 aliphatic rings. The van der Waals surface area contributed by atoms with Gasteiger partial charge < -0.3 is 5.73 Å². The van der Waals surface area contributed by atoms with Crippen molar-refractivity contribution in [3.8, 4) is 0 Å². The van der Waals surface area contributed by atoms with Crippen molar-refractivity contribution in [1.29, 1.82) is 0 Å². The summed E-state index contributed by atoms with van der Waals surface area (Å²) in [6.07, 6.45) is 8.85. The lowest BCUT2D eigenvalue weighted by molar-refractivity contribution is 0.265. The highest BCUT2D eigenvalue weighted by Gasteiger charge is 2.21. The molecule has 0 amide bonds. The van der Waals surface area contributed by atoms with Gasteiger partial charge in [0.2, 0.25) is 0 Å². The van der Waals surface area contributed by atoms with Crippen molar-refractivity contribution in [2.75, 3.05) is 6.54 Å². The molecule has 3 nitrogen and oxygen atoms in total. The quantitative estimate of drug-likeness (QED) is 0.884. The zero-order valence-electron chi connectivity index (χ0n) is 8.19. The first-order valence-corrected chi connectivity index (χ1v) is 5.98. The van der Waals surface area contributed by atoms with Crippen LogP contribution in [0.4, 0.5) is 0 Å². The Bertz CT molecular complexity index is 289. The molecule has 78 valence electrons. The van der Waals surface area contributed by atoms with E-state index in [1.54, 1.807) is 0 Å². The van der Waals surface area contributed by atoms with E-state index in [1.807, 2.05) is 6.20 Å². The minimum absolute atomic E-state index is 0.587. The van der Waals surface area contributed by atoms with Crippen LogP contribution in [0.25, 0.3) is 0 Å². The molecule has 2 N–H and O–H groups in total. The van der Waals surface area contributed by atoms with E-state index in [4.69, 9.17) is 5.73 Å². The van der Waals surface area contributed by atoms with Gasteiger partial charge in [-0.05, 0) is 54.1 Å². The first kappa shape index (κ1) is 10.2. The number of aromatic nitrogens is 2. The minimum atomic E-state index is 0.587. The summed E-state index contributed by atoms with van der Waals surface area (Å²) < 4.78 is 3.15. The van der Waals surface area contributed by atoms with Gasteiger partial charge >= 0.3 is 0 Å². The van der Waals surface area contributed by atoms with Crippen molar-refractivity contribution < 1.29 is 0 Å². The minimum Gasteiger partial charge on any atom is -0.330 e. The second-order valence-corrected chi connectivity index (χ2v) is 4.96. The number of halogens is 1. The Balaban J connectivity index is 1.95. The van der Waals surface area contributed by atoms with Crippen LogP contribution in [0.3, 0.4) is 0 Å². The van der Waals surface area contributed by atoms with E-state index in [1.165, 1.54) is 25.7 Å². The van der Waals surface area contributed by atoms with E-state index in [9.17, 15) is 0 Å². The van der Waals surface area contributed by atoms with Crippen molar-refractivity contribution in [2.24, 2.45) is 11.7 Å². The van der Waals surface area contributed by atoms with Crippen molar-refractivity contribution in [2.45, 2.75) is 31.7 Å². The summed E-state index contributed by atoms with van der Waals surface area (Å²) in [5, 5.41) is 4.33.